The van der Waals surface area contributed by atoms with Crippen molar-refractivity contribution in [1.29, 1.82) is 0 Å². The highest BCUT2D eigenvalue weighted by Gasteiger charge is 2.31. The van der Waals surface area contributed by atoms with Crippen LogP contribution in [0.2, 0.25) is 0 Å². The summed E-state index contributed by atoms with van der Waals surface area (Å²) in [6, 6.07) is 17.6. The van der Waals surface area contributed by atoms with Crippen LogP contribution < -0.4 is 20.3 Å². The number of H-pyrrole nitrogens is 1. The Morgan fingerprint density at radius 1 is 1.11 bits per heavy atom. The molecule has 2 aliphatic heterocycles. The average Bonchev–Trinajstić information content (AvgIpc) is 3.32. The van der Waals surface area contributed by atoms with Crippen molar-refractivity contribution in [2.24, 2.45) is 10.7 Å². The topological polar surface area (TPSA) is 73.1 Å². The Morgan fingerprint density at radius 3 is 2.54 bits per heavy atom. The van der Waals surface area contributed by atoms with E-state index in [2.05, 4.69) is 94.4 Å². The van der Waals surface area contributed by atoms with Gasteiger partial charge in [-0.15, -0.1) is 0 Å². The van der Waals surface area contributed by atoms with Gasteiger partial charge < -0.3 is 24.4 Å². The van der Waals surface area contributed by atoms with Gasteiger partial charge in [-0.1, -0.05) is 37.3 Å². The summed E-state index contributed by atoms with van der Waals surface area (Å²) >= 11 is 0. The molecule has 184 valence electrons. The molecule has 0 saturated carbocycles. The van der Waals surface area contributed by atoms with E-state index in [1.54, 1.807) is 7.11 Å². The number of aliphatic imine (C=N–C) groups is 1. The molecular weight excluding hydrogens is 436 g/mol. The normalized spacial score (nSPS) is 19.2. The van der Waals surface area contributed by atoms with Crippen LogP contribution in [0.3, 0.4) is 0 Å². The molecule has 1 aromatic heterocycles. The van der Waals surface area contributed by atoms with Crippen LogP contribution in [0.25, 0.3) is 0 Å². The monoisotopic (exact) mass is 472 g/mol. The van der Waals surface area contributed by atoms with Gasteiger partial charge in [0.15, 0.2) is 6.29 Å². The second-order valence-electron chi connectivity index (χ2n) is 9.74. The summed E-state index contributed by atoms with van der Waals surface area (Å²) in [4.78, 5) is 14.9. The number of hydrogen-bond acceptors (Lipinski definition) is 6. The Bertz CT molecular complexity index is 1180. The third-order valence-corrected chi connectivity index (χ3v) is 7.52. The number of hydrogen-bond donors (Lipinski definition) is 2. The molecule has 1 fully saturated rings. The second kappa shape index (κ2) is 9.76. The fourth-order valence-corrected chi connectivity index (χ4v) is 5.38. The van der Waals surface area contributed by atoms with Crippen LogP contribution >= 0.6 is 0 Å². The second-order valence-corrected chi connectivity index (χ2v) is 9.74. The Labute approximate surface area is 208 Å². The number of rotatable bonds is 6. The lowest BCUT2D eigenvalue weighted by Crippen LogP contribution is -2.42. The molecule has 7 nitrogen and oxygen atoms in total. The van der Waals surface area contributed by atoms with Gasteiger partial charge in [0, 0.05) is 48.6 Å². The number of benzene rings is 2. The summed E-state index contributed by atoms with van der Waals surface area (Å²) in [5.74, 6) is 0.996. The fraction of sp³-hybridized carbons (Fsp3) is 0.393. The van der Waals surface area contributed by atoms with E-state index in [4.69, 9.17) is 10.5 Å². The molecule has 0 spiro atoms. The number of aromatic nitrogens is 1. The van der Waals surface area contributed by atoms with E-state index in [0.29, 0.717) is 6.04 Å². The number of aromatic amines is 1. The molecule has 7 heteroatoms. The molecule has 3 aromatic rings. The first kappa shape index (κ1) is 23.5. The zero-order chi connectivity index (χ0) is 24.5. The molecule has 0 radical (unpaired) electrons. The van der Waals surface area contributed by atoms with Crippen LogP contribution in [0.1, 0.15) is 42.5 Å². The van der Waals surface area contributed by atoms with Crippen molar-refractivity contribution in [2.75, 3.05) is 44.1 Å². The third-order valence-electron chi connectivity index (χ3n) is 7.52. The molecular formula is C28H36N6O. The standard InChI is InChI=1S/C28H36N6O/c1-19(20-8-6-5-7-9-20)23-17-30-24-18-31-28(29)34(27(23)24)25-11-10-22(16-26(25)35-4)33-14-12-21(13-15-33)32(2)3/h5-11,16-19,21,28,30H,12-15,29H2,1-4H3. The minimum atomic E-state index is -0.532. The van der Waals surface area contributed by atoms with Gasteiger partial charge in [-0.2, -0.15) is 0 Å². The van der Waals surface area contributed by atoms with Gasteiger partial charge in [0.1, 0.15) is 5.75 Å². The highest BCUT2D eigenvalue weighted by Crippen LogP contribution is 2.44. The molecule has 5 rings (SSSR count). The van der Waals surface area contributed by atoms with E-state index in [0.717, 1.165) is 48.7 Å². The lowest BCUT2D eigenvalue weighted by Gasteiger charge is -2.37. The van der Waals surface area contributed by atoms with Gasteiger partial charge in [0.05, 0.1) is 30.4 Å². The van der Waals surface area contributed by atoms with Gasteiger partial charge in [-0.3, -0.25) is 10.7 Å². The summed E-state index contributed by atoms with van der Waals surface area (Å²) in [5, 5.41) is 0. The van der Waals surface area contributed by atoms with Crippen LogP contribution in [-0.2, 0) is 0 Å². The highest BCUT2D eigenvalue weighted by molar-refractivity contribution is 5.93. The van der Waals surface area contributed by atoms with Crippen molar-refractivity contribution >= 4 is 23.3 Å². The van der Waals surface area contributed by atoms with Crippen LogP contribution in [0, 0.1) is 0 Å². The van der Waals surface area contributed by atoms with Crippen molar-refractivity contribution in [3.05, 3.63) is 71.5 Å². The average molecular weight is 473 g/mol. The first-order valence-electron chi connectivity index (χ1n) is 12.4. The van der Waals surface area contributed by atoms with Crippen molar-refractivity contribution in [3.8, 4) is 5.75 Å². The number of methoxy groups -OCH3 is 1. The zero-order valence-electron chi connectivity index (χ0n) is 21.1. The number of nitrogens with zero attached hydrogens (tertiary/aromatic N) is 4. The molecule has 0 aliphatic carbocycles. The quantitative estimate of drug-likeness (QED) is 0.552. The maximum absolute atomic E-state index is 6.58. The molecule has 2 aliphatic rings. The van der Waals surface area contributed by atoms with Crippen molar-refractivity contribution in [2.45, 2.75) is 38.0 Å². The smallest absolute Gasteiger partial charge is 0.178 e. The minimum absolute atomic E-state index is 0.195. The number of fused-ring (bicyclic) bond motifs is 1. The van der Waals surface area contributed by atoms with Gasteiger partial charge in [-0.05, 0) is 44.6 Å². The number of nitrogens with one attached hydrogen (secondary N) is 1. The Hall–Kier alpha value is -3.29. The molecule has 2 atom stereocenters. The summed E-state index contributed by atoms with van der Waals surface area (Å²) in [6.07, 6.45) is 5.71. The molecule has 2 unspecified atom stereocenters. The molecule has 0 amide bonds. The Morgan fingerprint density at radius 2 is 1.86 bits per heavy atom. The van der Waals surface area contributed by atoms with Crippen molar-refractivity contribution in [3.63, 3.8) is 0 Å². The number of anilines is 3. The number of ether oxygens (including phenoxy) is 1. The van der Waals surface area contributed by atoms with Crippen LogP contribution in [0.4, 0.5) is 17.1 Å². The van der Waals surface area contributed by atoms with Gasteiger partial charge in [-0.25, -0.2) is 0 Å². The van der Waals surface area contributed by atoms with E-state index >= 15 is 0 Å². The third kappa shape index (κ3) is 4.42. The lowest BCUT2D eigenvalue weighted by atomic mass is 9.93. The van der Waals surface area contributed by atoms with Crippen LogP contribution in [0.15, 0.2) is 59.7 Å². The predicted molar refractivity (Wildman–Crippen MR) is 144 cm³/mol. The maximum atomic E-state index is 6.58. The van der Waals surface area contributed by atoms with Crippen LogP contribution in [0.5, 0.6) is 5.75 Å². The van der Waals surface area contributed by atoms with E-state index in [1.165, 1.54) is 16.8 Å². The van der Waals surface area contributed by atoms with Crippen molar-refractivity contribution < 1.29 is 4.74 Å². The Balaban J connectivity index is 1.49. The van der Waals surface area contributed by atoms with E-state index < -0.39 is 6.29 Å². The Kier molecular flexibility index (Phi) is 6.54. The van der Waals surface area contributed by atoms with Gasteiger partial charge in [0.25, 0.3) is 0 Å². The van der Waals surface area contributed by atoms with Crippen LogP contribution in [-0.4, -0.2) is 62.7 Å². The highest BCUT2D eigenvalue weighted by atomic mass is 16.5. The zero-order valence-corrected chi connectivity index (χ0v) is 21.1. The molecule has 35 heavy (non-hydrogen) atoms. The molecule has 2 aromatic carbocycles. The lowest BCUT2D eigenvalue weighted by molar-refractivity contribution is 0.249. The van der Waals surface area contributed by atoms with E-state index in [1.807, 2.05) is 12.3 Å². The SMILES string of the molecule is COc1cc(N2CCC(N(C)C)CC2)ccc1N1c2c(C(C)c3ccccc3)c[nH]c2C=NC1N. The first-order valence-corrected chi connectivity index (χ1v) is 12.4. The van der Waals surface area contributed by atoms with Crippen molar-refractivity contribution in [1.82, 2.24) is 9.88 Å². The van der Waals surface area contributed by atoms with Gasteiger partial charge >= 0.3 is 0 Å². The minimum Gasteiger partial charge on any atom is -0.494 e. The first-order chi connectivity index (χ1) is 17.0. The fourth-order valence-electron chi connectivity index (χ4n) is 5.38. The maximum Gasteiger partial charge on any atom is 0.178 e. The molecule has 3 heterocycles. The molecule has 1 saturated heterocycles. The number of piperidine rings is 1. The summed E-state index contributed by atoms with van der Waals surface area (Å²) < 4.78 is 5.92. The van der Waals surface area contributed by atoms with E-state index in [9.17, 15) is 0 Å². The largest absolute Gasteiger partial charge is 0.494 e. The number of nitrogens with two attached hydrogens (primary N) is 1. The summed E-state index contributed by atoms with van der Waals surface area (Å²) in [6.45, 7) is 4.31. The summed E-state index contributed by atoms with van der Waals surface area (Å²) in [5.41, 5.74) is 13.2. The molecule has 0 bridgehead atoms. The predicted octanol–water partition coefficient (Wildman–Crippen LogP) is 4.52. The summed E-state index contributed by atoms with van der Waals surface area (Å²) in [7, 11) is 6.07. The van der Waals surface area contributed by atoms with E-state index in [-0.39, 0.29) is 5.92 Å². The van der Waals surface area contributed by atoms with Gasteiger partial charge in [0.2, 0.25) is 0 Å². The molecule has 3 N–H and O–H groups in total.